The third-order valence-corrected chi connectivity index (χ3v) is 5.21. The van der Waals surface area contributed by atoms with E-state index in [0.29, 0.717) is 17.7 Å². The lowest BCUT2D eigenvalue weighted by atomic mass is 10.0. The molecule has 9 heteroatoms. The van der Waals surface area contributed by atoms with E-state index in [1.807, 2.05) is 32.0 Å². The molecule has 0 aromatic heterocycles. The third kappa shape index (κ3) is 8.47. The van der Waals surface area contributed by atoms with E-state index < -0.39 is 11.9 Å². The molecule has 0 fully saturated rings. The Morgan fingerprint density at radius 3 is 1.79 bits per heavy atom. The van der Waals surface area contributed by atoms with E-state index in [9.17, 15) is 35.1 Å². The number of aryl methyl sites for hydroxylation is 2. The van der Waals surface area contributed by atoms with Gasteiger partial charge in [0.15, 0.2) is 0 Å². The van der Waals surface area contributed by atoms with Gasteiger partial charge in [-0.1, -0.05) is 41.5 Å². The van der Waals surface area contributed by atoms with Crippen molar-refractivity contribution in [1.29, 1.82) is 0 Å². The molecule has 2 rings (SSSR count). The van der Waals surface area contributed by atoms with E-state index in [-0.39, 0.29) is 51.7 Å². The number of nitrogens with zero attached hydrogens (tertiary/aromatic N) is 2. The lowest BCUT2D eigenvalue weighted by Crippen LogP contribution is -2.39. The first-order valence-corrected chi connectivity index (χ1v) is 10.6. The molecule has 2 aromatic rings. The summed E-state index contributed by atoms with van der Waals surface area (Å²) in [6.45, 7) is 3.73. The minimum Gasteiger partial charge on any atom is -0.507 e. The molecule has 0 spiro atoms. The molecular formula is C24H32N2O7. The predicted molar refractivity (Wildman–Crippen MR) is 122 cm³/mol. The van der Waals surface area contributed by atoms with Crippen molar-refractivity contribution in [3.8, 4) is 5.75 Å². The Hall–Kier alpha value is -2.98. The van der Waals surface area contributed by atoms with Crippen LogP contribution in [0.3, 0.4) is 0 Å². The van der Waals surface area contributed by atoms with Gasteiger partial charge in [0.25, 0.3) is 0 Å². The third-order valence-electron chi connectivity index (χ3n) is 5.21. The Bertz CT molecular complexity index is 978. The number of aliphatic hydroxyl groups excluding tert-OH is 2. The summed E-state index contributed by atoms with van der Waals surface area (Å²) in [6, 6.07) is 9.00. The summed E-state index contributed by atoms with van der Waals surface area (Å²) in [7, 11) is 0. The molecule has 0 atom stereocenters. The molecule has 180 valence electrons. The molecule has 2 aromatic carbocycles. The van der Waals surface area contributed by atoms with Crippen LogP contribution < -0.4 is 0 Å². The fraction of sp³-hybridized carbons (Fsp3) is 0.417. The van der Waals surface area contributed by atoms with E-state index in [2.05, 4.69) is 0 Å². The Morgan fingerprint density at radius 1 is 0.727 bits per heavy atom. The van der Waals surface area contributed by atoms with Crippen molar-refractivity contribution in [3.63, 3.8) is 0 Å². The minimum absolute atomic E-state index is 0.0721. The lowest BCUT2D eigenvalue weighted by molar-refractivity contribution is -0.140. The first-order chi connectivity index (χ1) is 15.6. The van der Waals surface area contributed by atoms with Crippen LogP contribution in [0.25, 0.3) is 0 Å². The topological polar surface area (TPSA) is 142 Å². The van der Waals surface area contributed by atoms with Gasteiger partial charge >= 0.3 is 11.9 Å². The molecule has 0 bridgehead atoms. The molecule has 0 radical (unpaired) electrons. The predicted octanol–water partition coefficient (Wildman–Crippen LogP) is 1.47. The van der Waals surface area contributed by atoms with Crippen molar-refractivity contribution in [2.75, 3.05) is 26.2 Å². The van der Waals surface area contributed by atoms with Gasteiger partial charge < -0.3 is 25.5 Å². The van der Waals surface area contributed by atoms with E-state index in [4.69, 9.17) is 0 Å². The van der Waals surface area contributed by atoms with Crippen molar-refractivity contribution in [2.24, 2.45) is 0 Å². The van der Waals surface area contributed by atoms with E-state index in [1.165, 1.54) is 0 Å². The number of benzene rings is 2. The average Bonchev–Trinajstić information content (AvgIpc) is 2.72. The Morgan fingerprint density at radius 2 is 1.24 bits per heavy atom. The van der Waals surface area contributed by atoms with E-state index >= 15 is 0 Å². The number of carboxylic acid groups (broad SMARTS) is 2. The Balaban J connectivity index is 2.19. The summed E-state index contributed by atoms with van der Waals surface area (Å²) in [5.41, 5.74) is 4.24. The van der Waals surface area contributed by atoms with Crippen molar-refractivity contribution in [3.05, 3.63) is 63.7 Å². The normalized spacial score (nSPS) is 11.3. The Kier molecular flexibility index (Phi) is 9.80. The van der Waals surface area contributed by atoms with Crippen LogP contribution in [0.4, 0.5) is 0 Å². The quantitative estimate of drug-likeness (QED) is 0.300. The molecule has 0 amide bonds. The summed E-state index contributed by atoms with van der Waals surface area (Å²) < 4.78 is 0. The summed E-state index contributed by atoms with van der Waals surface area (Å²) in [4.78, 5) is 26.1. The lowest BCUT2D eigenvalue weighted by Gasteiger charge is -2.26. The number of carbonyl (C=O) groups is 2. The fourth-order valence-corrected chi connectivity index (χ4v) is 3.90. The van der Waals surface area contributed by atoms with E-state index in [0.717, 1.165) is 22.3 Å². The number of aliphatic hydroxyl groups is 2. The van der Waals surface area contributed by atoms with Gasteiger partial charge in [-0.2, -0.15) is 0 Å². The van der Waals surface area contributed by atoms with Crippen LogP contribution in [0.2, 0.25) is 0 Å². The molecule has 0 heterocycles. The highest BCUT2D eigenvalue weighted by Gasteiger charge is 2.18. The zero-order valence-corrected chi connectivity index (χ0v) is 19.0. The number of aliphatic carboxylic acids is 2. The maximum absolute atomic E-state index is 11.4. The van der Waals surface area contributed by atoms with Gasteiger partial charge in [0.1, 0.15) is 5.75 Å². The highest BCUT2D eigenvalue weighted by atomic mass is 16.4. The fourth-order valence-electron chi connectivity index (χ4n) is 3.90. The number of phenols is 1. The van der Waals surface area contributed by atoms with Crippen LogP contribution >= 0.6 is 0 Å². The van der Waals surface area contributed by atoms with Gasteiger partial charge in [-0.15, -0.1) is 0 Å². The zero-order valence-electron chi connectivity index (χ0n) is 19.0. The Labute approximate surface area is 193 Å². The molecule has 0 saturated carbocycles. The maximum Gasteiger partial charge on any atom is 0.317 e. The highest BCUT2D eigenvalue weighted by molar-refractivity contribution is 5.69. The molecule has 0 saturated heterocycles. The monoisotopic (exact) mass is 460 g/mol. The molecule has 0 aliphatic rings. The summed E-state index contributed by atoms with van der Waals surface area (Å²) >= 11 is 0. The molecule has 0 aliphatic heterocycles. The minimum atomic E-state index is -1.04. The van der Waals surface area contributed by atoms with Gasteiger partial charge in [-0.05, 0) is 25.0 Å². The first kappa shape index (κ1) is 26.3. The van der Waals surface area contributed by atoms with Crippen molar-refractivity contribution < 1.29 is 35.1 Å². The average molecular weight is 461 g/mol. The van der Waals surface area contributed by atoms with Gasteiger partial charge in [0.05, 0.1) is 26.3 Å². The second-order valence-corrected chi connectivity index (χ2v) is 8.28. The molecule has 0 aliphatic carbocycles. The number of aromatic hydroxyl groups is 1. The van der Waals surface area contributed by atoms with Crippen LogP contribution in [0.15, 0.2) is 30.3 Å². The van der Waals surface area contributed by atoms with Crippen LogP contribution in [-0.4, -0.2) is 73.5 Å². The van der Waals surface area contributed by atoms with Crippen LogP contribution in [0, 0.1) is 13.8 Å². The number of rotatable bonds is 13. The van der Waals surface area contributed by atoms with Gasteiger partial charge in [-0.25, -0.2) is 0 Å². The van der Waals surface area contributed by atoms with Gasteiger partial charge in [0.2, 0.25) is 0 Å². The second kappa shape index (κ2) is 12.3. The molecule has 5 N–H and O–H groups in total. The second-order valence-electron chi connectivity index (χ2n) is 8.28. The smallest absolute Gasteiger partial charge is 0.317 e. The number of hydrogen-bond acceptors (Lipinski definition) is 7. The molecule has 33 heavy (non-hydrogen) atoms. The highest BCUT2D eigenvalue weighted by Crippen LogP contribution is 2.26. The first-order valence-electron chi connectivity index (χ1n) is 10.6. The van der Waals surface area contributed by atoms with Crippen LogP contribution in [0.1, 0.15) is 33.4 Å². The van der Waals surface area contributed by atoms with Crippen molar-refractivity contribution in [1.82, 2.24) is 9.80 Å². The standard InChI is InChI=1S/C24H32N2O7/c1-16-5-18(9-19(6-16)14-27)10-25(12-22(29)30)3-4-26(13-23(31)32)11-20-7-17(2)8-21(15-28)24(20)33/h5-9,27-28,33H,3-4,10-15H2,1-2H3,(H,29,30)(H,31,32). The SMILES string of the molecule is Cc1cc(CO)cc(CN(CCN(CC(=O)O)Cc2cc(C)cc(CO)c2O)CC(=O)O)c1. The van der Waals surface area contributed by atoms with Crippen LogP contribution in [-0.2, 0) is 35.9 Å². The number of hydrogen-bond donors (Lipinski definition) is 5. The van der Waals surface area contributed by atoms with Crippen molar-refractivity contribution in [2.45, 2.75) is 40.2 Å². The van der Waals surface area contributed by atoms with E-state index in [1.54, 1.807) is 21.9 Å². The summed E-state index contributed by atoms with van der Waals surface area (Å²) in [5.74, 6) is -2.11. The molecule has 9 nitrogen and oxygen atoms in total. The van der Waals surface area contributed by atoms with Crippen LogP contribution in [0.5, 0.6) is 5.75 Å². The van der Waals surface area contributed by atoms with Gasteiger partial charge in [0, 0.05) is 37.3 Å². The molecular weight excluding hydrogens is 428 g/mol. The van der Waals surface area contributed by atoms with Crippen molar-refractivity contribution >= 4 is 11.9 Å². The summed E-state index contributed by atoms with van der Waals surface area (Å²) in [6.07, 6.45) is 0. The zero-order chi connectivity index (χ0) is 24.5. The molecule has 0 unspecified atom stereocenters. The van der Waals surface area contributed by atoms with Gasteiger partial charge in [-0.3, -0.25) is 19.4 Å². The summed E-state index contributed by atoms with van der Waals surface area (Å²) in [5, 5.41) is 48.0. The maximum atomic E-state index is 11.4. The number of carboxylic acids is 2. The largest absolute Gasteiger partial charge is 0.507 e.